The third-order valence-corrected chi connectivity index (χ3v) is 3.01. The lowest BCUT2D eigenvalue weighted by molar-refractivity contribution is 0.654. The summed E-state index contributed by atoms with van der Waals surface area (Å²) in [5.74, 6) is 0. The van der Waals surface area contributed by atoms with Crippen LogP contribution in [-0.4, -0.2) is 20.0 Å². The molecule has 2 aromatic heterocycles. The highest BCUT2D eigenvalue weighted by molar-refractivity contribution is 7.11. The van der Waals surface area contributed by atoms with Gasteiger partial charge in [-0.3, -0.25) is 4.68 Å². The first-order valence-corrected chi connectivity index (χ1v) is 5.02. The van der Waals surface area contributed by atoms with Gasteiger partial charge in [0.05, 0.1) is 22.9 Å². The van der Waals surface area contributed by atoms with Gasteiger partial charge in [0.2, 0.25) is 0 Å². The van der Waals surface area contributed by atoms with Crippen molar-refractivity contribution in [3.63, 3.8) is 0 Å². The van der Waals surface area contributed by atoms with Crippen molar-refractivity contribution >= 4 is 11.3 Å². The van der Waals surface area contributed by atoms with E-state index in [0.29, 0.717) is 0 Å². The molecule has 6 heteroatoms. The minimum absolute atomic E-state index is 0.179. The Morgan fingerprint density at radius 1 is 1.50 bits per heavy atom. The van der Waals surface area contributed by atoms with E-state index in [-0.39, 0.29) is 6.04 Å². The molecule has 0 amide bonds. The van der Waals surface area contributed by atoms with E-state index in [9.17, 15) is 0 Å². The maximum absolute atomic E-state index is 6.04. The molecule has 0 spiro atoms. The number of aryl methyl sites for hydroxylation is 2. The smallest absolute Gasteiger partial charge is 0.0897 e. The SMILES string of the molecule is Cc1ncc(C(N)c2cnnn2C)s1. The normalized spacial score (nSPS) is 13.1. The van der Waals surface area contributed by atoms with Crippen LogP contribution >= 0.6 is 11.3 Å². The van der Waals surface area contributed by atoms with E-state index in [1.807, 2.05) is 14.0 Å². The average molecular weight is 209 g/mol. The average Bonchev–Trinajstić information content (AvgIpc) is 2.73. The summed E-state index contributed by atoms with van der Waals surface area (Å²) in [7, 11) is 1.83. The van der Waals surface area contributed by atoms with E-state index in [1.165, 1.54) is 0 Å². The van der Waals surface area contributed by atoms with Gasteiger partial charge in [-0.25, -0.2) is 4.98 Å². The number of hydrogen-bond donors (Lipinski definition) is 1. The van der Waals surface area contributed by atoms with Crippen LogP contribution in [0.3, 0.4) is 0 Å². The molecule has 2 N–H and O–H groups in total. The van der Waals surface area contributed by atoms with Gasteiger partial charge < -0.3 is 5.73 Å². The lowest BCUT2D eigenvalue weighted by Gasteiger charge is -2.07. The molecule has 14 heavy (non-hydrogen) atoms. The van der Waals surface area contributed by atoms with E-state index >= 15 is 0 Å². The number of thiazole rings is 1. The quantitative estimate of drug-likeness (QED) is 0.787. The summed E-state index contributed by atoms with van der Waals surface area (Å²) in [6.07, 6.45) is 3.48. The van der Waals surface area contributed by atoms with Crippen molar-refractivity contribution in [3.8, 4) is 0 Å². The molecule has 1 unspecified atom stereocenters. The lowest BCUT2D eigenvalue weighted by Crippen LogP contribution is -2.14. The molecule has 0 aliphatic rings. The summed E-state index contributed by atoms with van der Waals surface area (Å²) in [6, 6.07) is -0.179. The van der Waals surface area contributed by atoms with Crippen LogP contribution in [-0.2, 0) is 7.05 Å². The highest BCUT2D eigenvalue weighted by atomic mass is 32.1. The second kappa shape index (κ2) is 3.47. The number of hydrogen-bond acceptors (Lipinski definition) is 5. The third-order valence-electron chi connectivity index (χ3n) is 2.01. The van der Waals surface area contributed by atoms with Crippen LogP contribution < -0.4 is 5.73 Å². The number of aromatic nitrogens is 4. The molecular weight excluding hydrogens is 198 g/mol. The third kappa shape index (κ3) is 1.53. The zero-order valence-corrected chi connectivity index (χ0v) is 8.82. The second-order valence-corrected chi connectivity index (χ2v) is 4.31. The van der Waals surface area contributed by atoms with Gasteiger partial charge in [-0.2, -0.15) is 0 Å². The molecule has 0 aliphatic heterocycles. The minimum atomic E-state index is -0.179. The zero-order chi connectivity index (χ0) is 10.1. The first kappa shape index (κ1) is 9.29. The Hall–Kier alpha value is -1.27. The fourth-order valence-electron chi connectivity index (χ4n) is 1.25. The Morgan fingerprint density at radius 2 is 2.29 bits per heavy atom. The summed E-state index contributed by atoms with van der Waals surface area (Å²) in [6.45, 7) is 1.96. The summed E-state index contributed by atoms with van der Waals surface area (Å²) >= 11 is 1.60. The molecule has 0 fully saturated rings. The molecule has 0 saturated carbocycles. The van der Waals surface area contributed by atoms with Crippen molar-refractivity contribution in [2.24, 2.45) is 12.8 Å². The molecule has 2 heterocycles. The molecule has 0 aliphatic carbocycles. The molecule has 0 radical (unpaired) electrons. The number of nitrogens with zero attached hydrogens (tertiary/aromatic N) is 4. The molecular formula is C8H11N5S. The highest BCUT2D eigenvalue weighted by Crippen LogP contribution is 2.23. The Kier molecular flexibility index (Phi) is 2.30. The molecule has 2 rings (SSSR count). The van der Waals surface area contributed by atoms with Crippen LogP contribution in [0, 0.1) is 6.92 Å². The minimum Gasteiger partial charge on any atom is -0.318 e. The van der Waals surface area contributed by atoms with Crippen molar-refractivity contribution in [2.45, 2.75) is 13.0 Å². The van der Waals surface area contributed by atoms with Crippen molar-refractivity contribution < 1.29 is 0 Å². The summed E-state index contributed by atoms with van der Waals surface area (Å²) < 4.78 is 1.68. The first-order valence-electron chi connectivity index (χ1n) is 4.21. The van der Waals surface area contributed by atoms with Crippen LogP contribution in [0.25, 0.3) is 0 Å². The standard InChI is InChI=1S/C8H11N5S/c1-5-10-4-7(14-5)8(9)6-3-11-12-13(6)2/h3-4,8H,9H2,1-2H3. The summed E-state index contributed by atoms with van der Waals surface area (Å²) in [4.78, 5) is 5.20. The van der Waals surface area contributed by atoms with Gasteiger partial charge in [-0.1, -0.05) is 5.21 Å². The zero-order valence-electron chi connectivity index (χ0n) is 8.01. The molecule has 0 saturated heterocycles. The Balaban J connectivity index is 2.33. The molecule has 74 valence electrons. The van der Waals surface area contributed by atoms with Gasteiger partial charge >= 0.3 is 0 Å². The highest BCUT2D eigenvalue weighted by Gasteiger charge is 2.15. The maximum atomic E-state index is 6.04. The maximum Gasteiger partial charge on any atom is 0.0897 e. The fourth-order valence-corrected chi connectivity index (χ4v) is 2.05. The van der Waals surface area contributed by atoms with Gasteiger partial charge in [0.25, 0.3) is 0 Å². The summed E-state index contributed by atoms with van der Waals surface area (Å²) in [5, 5.41) is 8.65. The fraction of sp³-hybridized carbons (Fsp3) is 0.375. The predicted molar refractivity (Wildman–Crippen MR) is 53.9 cm³/mol. The van der Waals surface area contributed by atoms with Crippen LogP contribution in [0.1, 0.15) is 21.6 Å². The second-order valence-electron chi connectivity index (χ2n) is 3.04. The van der Waals surface area contributed by atoms with Crippen molar-refractivity contribution in [2.75, 3.05) is 0 Å². The van der Waals surface area contributed by atoms with Gasteiger partial charge in [0.1, 0.15) is 0 Å². The molecule has 0 bridgehead atoms. The Morgan fingerprint density at radius 3 is 2.79 bits per heavy atom. The van der Waals surface area contributed by atoms with Gasteiger partial charge in [0.15, 0.2) is 0 Å². The van der Waals surface area contributed by atoms with Crippen molar-refractivity contribution in [3.05, 3.63) is 28.0 Å². The lowest BCUT2D eigenvalue weighted by atomic mass is 10.2. The van der Waals surface area contributed by atoms with Crippen LogP contribution in [0.5, 0.6) is 0 Å². The van der Waals surface area contributed by atoms with E-state index < -0.39 is 0 Å². The molecule has 2 aromatic rings. The van der Waals surface area contributed by atoms with Crippen LogP contribution in [0.15, 0.2) is 12.4 Å². The number of rotatable bonds is 2. The van der Waals surface area contributed by atoms with Crippen LogP contribution in [0.4, 0.5) is 0 Å². The topological polar surface area (TPSA) is 69.6 Å². The van der Waals surface area contributed by atoms with E-state index in [2.05, 4.69) is 15.3 Å². The first-order chi connectivity index (χ1) is 6.68. The monoisotopic (exact) mass is 209 g/mol. The van der Waals surface area contributed by atoms with Gasteiger partial charge in [0, 0.05) is 18.1 Å². The van der Waals surface area contributed by atoms with E-state index in [4.69, 9.17) is 5.73 Å². The van der Waals surface area contributed by atoms with E-state index in [1.54, 1.807) is 28.4 Å². The molecule has 5 nitrogen and oxygen atoms in total. The molecule has 0 aromatic carbocycles. The largest absolute Gasteiger partial charge is 0.318 e. The molecule has 1 atom stereocenters. The van der Waals surface area contributed by atoms with E-state index in [0.717, 1.165) is 15.6 Å². The van der Waals surface area contributed by atoms with Crippen LogP contribution in [0.2, 0.25) is 0 Å². The van der Waals surface area contributed by atoms with Crippen molar-refractivity contribution in [1.82, 2.24) is 20.0 Å². The Labute approximate surface area is 85.6 Å². The van der Waals surface area contributed by atoms with Gasteiger partial charge in [-0.05, 0) is 6.92 Å². The summed E-state index contributed by atoms with van der Waals surface area (Å²) in [5.41, 5.74) is 6.94. The number of nitrogens with two attached hydrogens (primary N) is 1. The van der Waals surface area contributed by atoms with Crippen molar-refractivity contribution in [1.29, 1.82) is 0 Å². The Bertz CT molecular complexity index is 432. The van der Waals surface area contributed by atoms with Gasteiger partial charge in [-0.15, -0.1) is 16.4 Å². The predicted octanol–water partition coefficient (Wildman–Crippen LogP) is 0.628.